The molecule has 0 amide bonds. The van der Waals surface area contributed by atoms with E-state index in [0.717, 1.165) is 37.1 Å². The number of dihydropyridines is 1. The van der Waals surface area contributed by atoms with Gasteiger partial charge in [0.2, 0.25) is 0 Å². The van der Waals surface area contributed by atoms with Crippen molar-refractivity contribution in [1.29, 1.82) is 0 Å². The Morgan fingerprint density at radius 1 is 1.08 bits per heavy atom. The van der Waals surface area contributed by atoms with Gasteiger partial charge in [-0.25, -0.2) is 4.39 Å². The van der Waals surface area contributed by atoms with Crippen LogP contribution in [0.4, 0.5) is 4.39 Å². The molecule has 0 spiro atoms. The number of benzene rings is 1. The van der Waals surface area contributed by atoms with Crippen LogP contribution >= 0.6 is 0 Å². The van der Waals surface area contributed by atoms with Crippen molar-refractivity contribution in [1.82, 2.24) is 15.1 Å². The van der Waals surface area contributed by atoms with Gasteiger partial charge in [-0.3, -0.25) is 4.90 Å². The summed E-state index contributed by atoms with van der Waals surface area (Å²) in [5.74, 6) is 1.09. The number of nitrogens with one attached hydrogen (secondary N) is 1. The van der Waals surface area contributed by atoms with Gasteiger partial charge in [-0.05, 0) is 31.4 Å². The second-order valence-electron chi connectivity index (χ2n) is 7.08. The smallest absolute Gasteiger partial charge is 0.129 e. The molecular weight excluding hydrogens is 317 g/mol. The van der Waals surface area contributed by atoms with Crippen LogP contribution in [0.2, 0.25) is 0 Å². The normalized spacial score (nSPS) is 22.4. The fourth-order valence-electron chi connectivity index (χ4n) is 3.76. The molecule has 0 unspecified atom stereocenters. The van der Waals surface area contributed by atoms with E-state index in [1.165, 1.54) is 44.4 Å². The topological polar surface area (TPSA) is 27.7 Å². The average Bonchev–Trinajstić information content (AvgIpc) is 2.80. The summed E-state index contributed by atoms with van der Waals surface area (Å²) in [6.45, 7) is 5.09. The van der Waals surface area contributed by atoms with E-state index < -0.39 is 0 Å². The summed E-state index contributed by atoms with van der Waals surface area (Å²) in [6.07, 6.45) is 9.48. The maximum Gasteiger partial charge on any atom is 0.129 e. The molecule has 1 saturated heterocycles. The maximum atomic E-state index is 13.3. The van der Waals surface area contributed by atoms with Crippen LogP contribution in [0.3, 0.4) is 0 Å². The molecule has 1 N–H and O–H groups in total. The van der Waals surface area contributed by atoms with Crippen molar-refractivity contribution in [3.63, 3.8) is 0 Å². The molecule has 0 radical (unpaired) electrons. The van der Waals surface area contributed by atoms with E-state index in [4.69, 9.17) is 4.74 Å². The second kappa shape index (κ2) is 7.48. The fourth-order valence-corrected chi connectivity index (χ4v) is 3.76. The quantitative estimate of drug-likeness (QED) is 0.909. The van der Waals surface area contributed by atoms with Crippen molar-refractivity contribution >= 4 is 0 Å². The number of rotatable bonds is 4. The van der Waals surface area contributed by atoms with Gasteiger partial charge in [-0.15, -0.1) is 0 Å². The first kappa shape index (κ1) is 16.5. The summed E-state index contributed by atoms with van der Waals surface area (Å²) in [7, 11) is 0. The van der Waals surface area contributed by atoms with Gasteiger partial charge in [0.15, 0.2) is 0 Å². The van der Waals surface area contributed by atoms with Crippen molar-refractivity contribution in [3.05, 3.63) is 53.8 Å². The zero-order valence-electron chi connectivity index (χ0n) is 14.6. The van der Waals surface area contributed by atoms with Gasteiger partial charge < -0.3 is 15.0 Å². The van der Waals surface area contributed by atoms with E-state index in [0.29, 0.717) is 12.3 Å². The van der Waals surface area contributed by atoms with Crippen molar-refractivity contribution in [2.24, 2.45) is 0 Å². The summed E-state index contributed by atoms with van der Waals surface area (Å²) >= 11 is 0. The Balaban J connectivity index is 1.39. The van der Waals surface area contributed by atoms with E-state index in [1.54, 1.807) is 12.1 Å². The van der Waals surface area contributed by atoms with Gasteiger partial charge in [0.1, 0.15) is 17.3 Å². The number of hydrogen-bond acceptors (Lipinski definition) is 4. The Morgan fingerprint density at radius 3 is 2.80 bits per heavy atom. The highest BCUT2D eigenvalue weighted by Gasteiger charge is 2.27. The molecule has 134 valence electrons. The summed E-state index contributed by atoms with van der Waals surface area (Å²) < 4.78 is 19.2. The van der Waals surface area contributed by atoms with E-state index in [2.05, 4.69) is 27.4 Å². The highest BCUT2D eigenvalue weighted by atomic mass is 19.1. The molecule has 2 fully saturated rings. The molecule has 0 bridgehead atoms. The Labute approximate surface area is 148 Å². The molecule has 1 aromatic carbocycles. The van der Waals surface area contributed by atoms with Crippen molar-refractivity contribution in [2.75, 3.05) is 32.7 Å². The first-order valence-corrected chi connectivity index (χ1v) is 9.34. The monoisotopic (exact) mass is 343 g/mol. The molecular formula is C20H26FN3O. The minimum atomic E-state index is -0.277. The summed E-state index contributed by atoms with van der Waals surface area (Å²) in [4.78, 5) is 5.09. The van der Waals surface area contributed by atoms with Gasteiger partial charge >= 0.3 is 0 Å². The van der Waals surface area contributed by atoms with Gasteiger partial charge in [-0.2, -0.15) is 0 Å². The van der Waals surface area contributed by atoms with Crippen LogP contribution in [0.1, 0.15) is 25.7 Å². The summed E-state index contributed by atoms with van der Waals surface area (Å²) in [6, 6.07) is 7.12. The number of hydrogen-bond donors (Lipinski definition) is 1. The molecule has 4 nitrogen and oxygen atoms in total. The molecule has 0 atom stereocenters. The molecule has 4 rings (SSSR count). The number of allylic oxidation sites excluding steroid dienone is 1. The molecule has 2 aliphatic heterocycles. The molecule has 1 aliphatic carbocycles. The third-order valence-electron chi connectivity index (χ3n) is 5.37. The van der Waals surface area contributed by atoms with E-state index in [1.807, 2.05) is 0 Å². The Bertz CT molecular complexity index is 669. The van der Waals surface area contributed by atoms with Crippen LogP contribution < -0.4 is 10.1 Å². The lowest BCUT2D eigenvalue weighted by Crippen LogP contribution is -2.42. The highest BCUT2D eigenvalue weighted by Crippen LogP contribution is 2.26. The average molecular weight is 343 g/mol. The lowest BCUT2D eigenvalue weighted by molar-refractivity contribution is 0.133. The van der Waals surface area contributed by atoms with Gasteiger partial charge in [0.05, 0.1) is 12.2 Å². The van der Waals surface area contributed by atoms with Crippen LogP contribution in [0.15, 0.2) is 48.0 Å². The highest BCUT2D eigenvalue weighted by molar-refractivity contribution is 5.30. The van der Waals surface area contributed by atoms with E-state index in [9.17, 15) is 4.39 Å². The molecule has 1 aromatic rings. The van der Waals surface area contributed by atoms with Gasteiger partial charge in [0, 0.05) is 50.6 Å². The molecule has 5 heteroatoms. The van der Waals surface area contributed by atoms with Gasteiger partial charge in [0.25, 0.3) is 0 Å². The Kier molecular flexibility index (Phi) is 4.92. The molecule has 1 saturated carbocycles. The van der Waals surface area contributed by atoms with Crippen LogP contribution in [0.25, 0.3) is 0 Å². The van der Waals surface area contributed by atoms with Crippen molar-refractivity contribution < 1.29 is 9.13 Å². The van der Waals surface area contributed by atoms with Crippen LogP contribution in [0, 0.1) is 5.82 Å². The van der Waals surface area contributed by atoms with E-state index >= 15 is 0 Å². The zero-order valence-corrected chi connectivity index (χ0v) is 14.6. The Hall–Kier alpha value is -2.01. The lowest BCUT2D eigenvalue weighted by Gasteiger charge is -2.37. The zero-order chi connectivity index (χ0) is 17.1. The Morgan fingerprint density at radius 2 is 2.00 bits per heavy atom. The first-order chi connectivity index (χ1) is 12.3. The third kappa shape index (κ3) is 3.98. The molecule has 25 heavy (non-hydrogen) atoms. The maximum absolute atomic E-state index is 13.3. The number of nitrogens with zero attached hydrogens (tertiary/aromatic N) is 2. The molecule has 2 heterocycles. The second-order valence-corrected chi connectivity index (χ2v) is 7.08. The minimum absolute atomic E-state index is 0.277. The summed E-state index contributed by atoms with van der Waals surface area (Å²) in [5.41, 5.74) is 1.16. The van der Waals surface area contributed by atoms with Gasteiger partial charge in [-0.1, -0.05) is 12.5 Å². The largest absolute Gasteiger partial charge is 0.460 e. The summed E-state index contributed by atoms with van der Waals surface area (Å²) in [5, 5.41) is 3.29. The minimum Gasteiger partial charge on any atom is -0.460 e. The number of ether oxygens (including phenoxy) is 1. The van der Waals surface area contributed by atoms with Crippen LogP contribution in [0.5, 0.6) is 5.75 Å². The van der Waals surface area contributed by atoms with E-state index in [-0.39, 0.29) is 5.82 Å². The lowest BCUT2D eigenvalue weighted by atomic mass is 9.91. The van der Waals surface area contributed by atoms with Crippen molar-refractivity contribution in [3.8, 4) is 5.75 Å². The van der Waals surface area contributed by atoms with Crippen molar-refractivity contribution in [2.45, 2.75) is 31.7 Å². The van der Waals surface area contributed by atoms with Crippen LogP contribution in [-0.4, -0.2) is 48.6 Å². The first-order valence-electron chi connectivity index (χ1n) is 9.34. The standard InChI is InChI=1S/C20H26FN3O/c21-16-4-1-7-19(12-16)25-20-13-18(14-22-15-20)24-9-3-8-23(10-11-24)17-5-2-6-17/h1,4,7,12-14,17,22H,2-3,5-6,8-11,15H2. The molecule has 3 aliphatic rings. The SMILES string of the molecule is Fc1cccc(OC2=CC(N3CCCN(C4CCC4)CC3)=CNC2)c1. The predicted octanol–water partition coefficient (Wildman–Crippen LogP) is 3.09. The third-order valence-corrected chi connectivity index (χ3v) is 5.37. The van der Waals surface area contributed by atoms with Crippen LogP contribution in [-0.2, 0) is 0 Å². The molecule has 0 aromatic heterocycles. The predicted molar refractivity (Wildman–Crippen MR) is 96.6 cm³/mol. The number of halogens is 1. The fraction of sp³-hybridized carbons (Fsp3) is 0.500.